The molecule has 0 aromatic carbocycles. The van der Waals surface area contributed by atoms with E-state index in [2.05, 4.69) is 26.2 Å². The van der Waals surface area contributed by atoms with Crippen molar-refractivity contribution >= 4 is 60.7 Å². The van der Waals surface area contributed by atoms with Crippen LogP contribution in [-0.4, -0.2) is 83.7 Å². The molecule has 3 saturated heterocycles. The third kappa shape index (κ3) is 6.03. The molecule has 2 atom stereocenters. The molecule has 3 aliphatic heterocycles. The minimum atomic E-state index is -0.0225. The van der Waals surface area contributed by atoms with Crippen molar-refractivity contribution in [3.05, 3.63) is 23.9 Å². The molecule has 11 heteroatoms. The first-order chi connectivity index (χ1) is 12.7. The molecule has 7 nitrogen and oxygen atoms in total. The average molecular weight is 482 g/mol. The van der Waals surface area contributed by atoms with Gasteiger partial charge in [0.2, 0.25) is 5.91 Å². The van der Waals surface area contributed by atoms with Crippen LogP contribution in [0.15, 0.2) is 18.3 Å². The molecule has 0 spiro atoms. The second-order valence-electron chi connectivity index (χ2n) is 7.03. The molecule has 1 aromatic rings. The minimum Gasteiger partial charge on any atom is -0.354 e. The van der Waals surface area contributed by atoms with Crippen LogP contribution in [0.4, 0.5) is 5.82 Å². The number of halogens is 3. The Hall–Kier alpha value is -0.950. The molecule has 4 heterocycles. The molecular formula is C18H27Cl3N6OS. The van der Waals surface area contributed by atoms with Crippen molar-refractivity contribution in [1.82, 2.24) is 20.1 Å². The van der Waals surface area contributed by atoms with Crippen molar-refractivity contribution in [1.29, 1.82) is 5.26 Å². The van der Waals surface area contributed by atoms with Gasteiger partial charge in [-0.15, -0.1) is 49.0 Å². The van der Waals surface area contributed by atoms with Crippen molar-refractivity contribution < 1.29 is 4.79 Å². The molecule has 0 aliphatic carbocycles. The Balaban J connectivity index is 0.00000140. The number of aromatic nitrogens is 1. The standard InChI is InChI=1S/C18H24N6OS.3ClH/c19-11-14-1-2-20-17(9-14)23-5-3-22(4-6-23)15-10-16(21-12-15)18(25)24-7-8-26-13-24;;;/h1-2,9,15-16,21H,3-8,10,12-13H2;3*1H/t15-,16-;;;/m0.../s1. The second-order valence-corrected chi connectivity index (χ2v) is 8.10. The highest BCUT2D eigenvalue weighted by molar-refractivity contribution is 7.99. The largest absolute Gasteiger partial charge is 0.354 e. The molecule has 29 heavy (non-hydrogen) atoms. The number of thioether (sulfide) groups is 1. The summed E-state index contributed by atoms with van der Waals surface area (Å²) in [4.78, 5) is 23.7. The number of carbonyl (C=O) groups excluding carboxylic acids is 1. The van der Waals surface area contributed by atoms with Gasteiger partial charge < -0.3 is 15.1 Å². The number of amides is 1. The molecule has 3 aliphatic rings. The van der Waals surface area contributed by atoms with Gasteiger partial charge in [-0.2, -0.15) is 5.26 Å². The Kier molecular flexibility index (Phi) is 10.8. The lowest BCUT2D eigenvalue weighted by molar-refractivity contribution is -0.131. The summed E-state index contributed by atoms with van der Waals surface area (Å²) in [7, 11) is 0. The Morgan fingerprint density at radius 2 is 1.97 bits per heavy atom. The van der Waals surface area contributed by atoms with Crippen LogP contribution in [0.5, 0.6) is 0 Å². The predicted octanol–water partition coefficient (Wildman–Crippen LogP) is 1.60. The number of nitriles is 1. The number of anilines is 1. The number of rotatable bonds is 3. The summed E-state index contributed by atoms with van der Waals surface area (Å²) < 4.78 is 0. The van der Waals surface area contributed by atoms with E-state index in [1.807, 2.05) is 22.7 Å². The Morgan fingerprint density at radius 3 is 2.62 bits per heavy atom. The lowest BCUT2D eigenvalue weighted by Gasteiger charge is -2.38. The van der Waals surface area contributed by atoms with E-state index in [4.69, 9.17) is 5.26 Å². The quantitative estimate of drug-likeness (QED) is 0.703. The summed E-state index contributed by atoms with van der Waals surface area (Å²) >= 11 is 1.83. The van der Waals surface area contributed by atoms with Gasteiger partial charge in [-0.05, 0) is 18.6 Å². The summed E-state index contributed by atoms with van der Waals surface area (Å²) in [5.41, 5.74) is 0.652. The maximum Gasteiger partial charge on any atom is 0.240 e. The zero-order valence-corrected chi connectivity index (χ0v) is 19.3. The van der Waals surface area contributed by atoms with Gasteiger partial charge in [0.15, 0.2) is 0 Å². The van der Waals surface area contributed by atoms with Gasteiger partial charge in [-0.1, -0.05) is 0 Å². The van der Waals surface area contributed by atoms with Crippen molar-refractivity contribution in [2.75, 3.05) is 55.8 Å². The molecule has 0 bridgehead atoms. The minimum absolute atomic E-state index is 0. The summed E-state index contributed by atoms with van der Waals surface area (Å²) in [6.07, 6.45) is 2.61. The Bertz CT molecular complexity index is 707. The van der Waals surface area contributed by atoms with Crippen LogP contribution in [0.3, 0.4) is 0 Å². The van der Waals surface area contributed by atoms with E-state index >= 15 is 0 Å². The second kappa shape index (κ2) is 12.0. The molecule has 0 unspecified atom stereocenters. The lowest BCUT2D eigenvalue weighted by atomic mass is 10.1. The predicted molar refractivity (Wildman–Crippen MR) is 124 cm³/mol. The van der Waals surface area contributed by atoms with E-state index in [1.165, 1.54) is 0 Å². The first-order valence-corrected chi connectivity index (χ1v) is 10.3. The van der Waals surface area contributed by atoms with Gasteiger partial charge in [0.25, 0.3) is 0 Å². The maximum absolute atomic E-state index is 12.6. The monoisotopic (exact) mass is 480 g/mol. The highest BCUT2D eigenvalue weighted by Gasteiger charge is 2.36. The topological polar surface area (TPSA) is 75.5 Å². The highest BCUT2D eigenvalue weighted by atomic mass is 35.5. The number of hydrogen-bond acceptors (Lipinski definition) is 7. The summed E-state index contributed by atoms with van der Waals surface area (Å²) in [6.45, 7) is 5.51. The van der Waals surface area contributed by atoms with E-state index in [9.17, 15) is 4.79 Å². The first-order valence-electron chi connectivity index (χ1n) is 9.19. The van der Waals surface area contributed by atoms with Gasteiger partial charge in [-0.3, -0.25) is 9.69 Å². The molecule has 1 aromatic heterocycles. The van der Waals surface area contributed by atoms with Crippen LogP contribution in [0.2, 0.25) is 0 Å². The smallest absolute Gasteiger partial charge is 0.240 e. The van der Waals surface area contributed by atoms with Gasteiger partial charge in [0, 0.05) is 57.3 Å². The van der Waals surface area contributed by atoms with E-state index < -0.39 is 0 Å². The summed E-state index contributed by atoms with van der Waals surface area (Å²) in [6, 6.07) is 6.18. The number of piperazine rings is 1. The molecule has 162 valence electrons. The molecule has 4 rings (SSSR count). The summed E-state index contributed by atoms with van der Waals surface area (Å²) in [5.74, 6) is 3.06. The molecule has 3 fully saturated rings. The fourth-order valence-corrected chi connectivity index (χ4v) is 4.92. The van der Waals surface area contributed by atoms with Crippen molar-refractivity contribution in [3.63, 3.8) is 0 Å². The van der Waals surface area contributed by atoms with Crippen molar-refractivity contribution in [3.8, 4) is 6.07 Å². The van der Waals surface area contributed by atoms with E-state index in [0.717, 1.165) is 63.1 Å². The van der Waals surface area contributed by atoms with Crippen LogP contribution in [0.1, 0.15) is 12.0 Å². The highest BCUT2D eigenvalue weighted by Crippen LogP contribution is 2.22. The Labute approximate surface area is 194 Å². The van der Waals surface area contributed by atoms with Crippen LogP contribution >= 0.6 is 49.0 Å². The van der Waals surface area contributed by atoms with E-state index in [0.29, 0.717) is 11.6 Å². The number of carbonyl (C=O) groups is 1. The summed E-state index contributed by atoms with van der Waals surface area (Å²) in [5, 5.41) is 12.5. The Morgan fingerprint density at radius 1 is 1.21 bits per heavy atom. The van der Waals surface area contributed by atoms with Gasteiger partial charge in [0.1, 0.15) is 5.82 Å². The molecule has 1 amide bonds. The third-order valence-corrected chi connectivity index (χ3v) is 6.46. The number of nitrogens with one attached hydrogen (secondary N) is 1. The van der Waals surface area contributed by atoms with Gasteiger partial charge in [-0.25, -0.2) is 4.98 Å². The van der Waals surface area contributed by atoms with Crippen LogP contribution in [0.25, 0.3) is 0 Å². The van der Waals surface area contributed by atoms with Gasteiger partial charge in [0.05, 0.1) is 23.6 Å². The lowest BCUT2D eigenvalue weighted by Crippen LogP contribution is -2.51. The van der Waals surface area contributed by atoms with Crippen LogP contribution in [-0.2, 0) is 4.79 Å². The molecule has 0 radical (unpaired) electrons. The van der Waals surface area contributed by atoms with Crippen LogP contribution < -0.4 is 10.2 Å². The van der Waals surface area contributed by atoms with E-state index in [-0.39, 0.29) is 49.2 Å². The van der Waals surface area contributed by atoms with Crippen LogP contribution in [0, 0.1) is 11.3 Å². The normalized spacial score (nSPS) is 24.1. The average Bonchev–Trinajstić information content (AvgIpc) is 3.40. The number of hydrogen-bond donors (Lipinski definition) is 1. The maximum atomic E-state index is 12.6. The fraction of sp³-hybridized carbons (Fsp3) is 0.611. The fourth-order valence-electron chi connectivity index (χ4n) is 3.97. The van der Waals surface area contributed by atoms with E-state index in [1.54, 1.807) is 12.3 Å². The molecule has 1 N–H and O–H groups in total. The van der Waals surface area contributed by atoms with Gasteiger partial charge >= 0.3 is 0 Å². The first kappa shape index (κ1) is 26.1. The SMILES string of the molecule is Cl.Cl.Cl.N#Cc1ccnc(N2CCN([C@@H]3CN[C@H](C(=O)N4CCSC4)C3)CC2)c1. The number of nitrogens with zero attached hydrogens (tertiary/aromatic N) is 5. The molecule has 0 saturated carbocycles. The third-order valence-electron chi connectivity index (χ3n) is 5.50. The van der Waals surface area contributed by atoms with Crippen molar-refractivity contribution in [2.45, 2.75) is 18.5 Å². The molecular weight excluding hydrogens is 455 g/mol. The number of pyridine rings is 1. The zero-order chi connectivity index (χ0) is 17.9. The van der Waals surface area contributed by atoms with Crippen molar-refractivity contribution in [2.24, 2.45) is 0 Å². The zero-order valence-electron chi connectivity index (χ0n) is 16.0.